The fourth-order valence-corrected chi connectivity index (χ4v) is 2.80. The van der Waals surface area contributed by atoms with Crippen molar-refractivity contribution in [3.05, 3.63) is 35.9 Å². The van der Waals surface area contributed by atoms with E-state index in [1.54, 1.807) is 0 Å². The second-order valence-electron chi connectivity index (χ2n) is 5.59. The summed E-state index contributed by atoms with van der Waals surface area (Å²) in [5, 5.41) is 3.19. The van der Waals surface area contributed by atoms with E-state index >= 15 is 0 Å². The number of carbonyl (C=O) groups is 1. The fraction of sp³-hybridized carbons (Fsp3) is 0.562. The first-order chi connectivity index (χ1) is 9.64. The minimum Gasteiger partial charge on any atom is -0.368 e. The van der Waals surface area contributed by atoms with E-state index in [0.29, 0.717) is 12.6 Å². The molecule has 110 valence electrons. The fourth-order valence-electron chi connectivity index (χ4n) is 2.80. The standard InChI is InChI=1S/C16H25N3O/c1-3-11-19(14-9-10-14)12-16(18-2,15(17)20)13-7-5-4-6-8-13/h4-8,14,18H,3,9-12H2,1-2H3,(H2,17,20). The summed E-state index contributed by atoms with van der Waals surface area (Å²) in [7, 11) is 1.81. The van der Waals surface area contributed by atoms with Gasteiger partial charge in [0.25, 0.3) is 0 Å². The smallest absolute Gasteiger partial charge is 0.243 e. The van der Waals surface area contributed by atoms with Crippen molar-refractivity contribution in [1.82, 2.24) is 10.2 Å². The summed E-state index contributed by atoms with van der Waals surface area (Å²) in [5.74, 6) is -0.312. The van der Waals surface area contributed by atoms with Crippen LogP contribution < -0.4 is 11.1 Å². The van der Waals surface area contributed by atoms with Gasteiger partial charge in [-0.1, -0.05) is 37.3 Å². The number of likely N-dealkylation sites (N-methyl/N-ethyl adjacent to an activating group) is 1. The molecule has 2 rings (SSSR count). The molecule has 1 aromatic carbocycles. The SMILES string of the molecule is CCCN(CC(NC)(C(N)=O)c1ccccc1)C1CC1. The van der Waals surface area contributed by atoms with E-state index in [0.717, 1.165) is 18.5 Å². The molecule has 1 unspecified atom stereocenters. The maximum atomic E-state index is 12.2. The van der Waals surface area contributed by atoms with Gasteiger partial charge in [0, 0.05) is 12.6 Å². The minimum absolute atomic E-state index is 0.312. The van der Waals surface area contributed by atoms with Gasteiger partial charge in [-0.3, -0.25) is 9.69 Å². The summed E-state index contributed by atoms with van der Waals surface area (Å²) in [5.41, 5.74) is 5.89. The molecule has 1 atom stereocenters. The van der Waals surface area contributed by atoms with Crippen LogP contribution in [0.4, 0.5) is 0 Å². The maximum Gasteiger partial charge on any atom is 0.243 e. The van der Waals surface area contributed by atoms with Crippen molar-refractivity contribution in [2.24, 2.45) is 5.73 Å². The first-order valence-electron chi connectivity index (χ1n) is 7.42. The molecular formula is C16H25N3O. The lowest BCUT2D eigenvalue weighted by atomic mass is 9.88. The molecule has 0 saturated heterocycles. The number of benzene rings is 1. The van der Waals surface area contributed by atoms with Gasteiger partial charge in [-0.05, 0) is 38.4 Å². The van der Waals surface area contributed by atoms with Gasteiger partial charge in [-0.2, -0.15) is 0 Å². The van der Waals surface area contributed by atoms with Crippen LogP contribution in [0.25, 0.3) is 0 Å². The van der Waals surface area contributed by atoms with Crippen molar-refractivity contribution in [2.45, 2.75) is 37.8 Å². The first-order valence-corrected chi connectivity index (χ1v) is 7.42. The molecule has 0 aliphatic heterocycles. The number of carbonyl (C=O) groups excluding carboxylic acids is 1. The molecule has 1 amide bonds. The number of hydrogen-bond acceptors (Lipinski definition) is 3. The van der Waals surface area contributed by atoms with Crippen LogP contribution in [0.15, 0.2) is 30.3 Å². The Kier molecular flexibility index (Phi) is 4.78. The van der Waals surface area contributed by atoms with E-state index < -0.39 is 5.54 Å². The molecule has 20 heavy (non-hydrogen) atoms. The van der Waals surface area contributed by atoms with Gasteiger partial charge in [0.2, 0.25) is 5.91 Å². The number of nitrogens with zero attached hydrogens (tertiary/aromatic N) is 1. The predicted molar refractivity (Wildman–Crippen MR) is 81.3 cm³/mol. The highest BCUT2D eigenvalue weighted by atomic mass is 16.1. The maximum absolute atomic E-state index is 12.2. The van der Waals surface area contributed by atoms with Gasteiger partial charge < -0.3 is 11.1 Å². The van der Waals surface area contributed by atoms with Gasteiger partial charge in [0.15, 0.2) is 0 Å². The van der Waals surface area contributed by atoms with E-state index in [1.807, 2.05) is 37.4 Å². The second kappa shape index (κ2) is 6.37. The van der Waals surface area contributed by atoms with Crippen LogP contribution in [0.2, 0.25) is 0 Å². The molecule has 1 aromatic rings. The Balaban J connectivity index is 2.29. The number of nitrogens with one attached hydrogen (secondary N) is 1. The van der Waals surface area contributed by atoms with E-state index in [9.17, 15) is 4.79 Å². The van der Waals surface area contributed by atoms with Crippen LogP contribution in [0.5, 0.6) is 0 Å². The average molecular weight is 275 g/mol. The second-order valence-corrected chi connectivity index (χ2v) is 5.59. The third-order valence-corrected chi connectivity index (χ3v) is 4.13. The third-order valence-electron chi connectivity index (χ3n) is 4.13. The van der Waals surface area contributed by atoms with Gasteiger partial charge in [0.1, 0.15) is 5.54 Å². The Bertz CT molecular complexity index is 444. The lowest BCUT2D eigenvalue weighted by Crippen LogP contribution is -2.58. The summed E-state index contributed by atoms with van der Waals surface area (Å²) in [6.45, 7) is 3.82. The molecule has 4 heteroatoms. The van der Waals surface area contributed by atoms with Gasteiger partial charge in [-0.15, -0.1) is 0 Å². The van der Waals surface area contributed by atoms with Crippen LogP contribution >= 0.6 is 0 Å². The molecule has 0 heterocycles. The number of amides is 1. The van der Waals surface area contributed by atoms with Crippen LogP contribution in [-0.4, -0.2) is 37.0 Å². The first kappa shape index (κ1) is 15.0. The topological polar surface area (TPSA) is 58.4 Å². The van der Waals surface area contributed by atoms with E-state index in [1.165, 1.54) is 12.8 Å². The number of primary amides is 1. The number of rotatable bonds is 8. The minimum atomic E-state index is -0.807. The lowest BCUT2D eigenvalue weighted by molar-refractivity contribution is -0.125. The predicted octanol–water partition coefficient (Wildman–Crippen LogP) is 1.46. The van der Waals surface area contributed by atoms with Crippen molar-refractivity contribution in [2.75, 3.05) is 20.1 Å². The van der Waals surface area contributed by atoms with Gasteiger partial charge >= 0.3 is 0 Å². The zero-order valence-electron chi connectivity index (χ0n) is 12.4. The van der Waals surface area contributed by atoms with Crippen molar-refractivity contribution in [3.63, 3.8) is 0 Å². The monoisotopic (exact) mass is 275 g/mol. The lowest BCUT2D eigenvalue weighted by Gasteiger charge is -2.36. The molecule has 1 saturated carbocycles. The zero-order valence-corrected chi connectivity index (χ0v) is 12.4. The molecule has 1 fully saturated rings. The van der Waals surface area contributed by atoms with Crippen molar-refractivity contribution in [3.8, 4) is 0 Å². The summed E-state index contributed by atoms with van der Waals surface area (Å²) >= 11 is 0. The third kappa shape index (κ3) is 3.02. The number of hydrogen-bond donors (Lipinski definition) is 2. The van der Waals surface area contributed by atoms with Crippen LogP contribution in [0.1, 0.15) is 31.7 Å². The van der Waals surface area contributed by atoms with E-state index in [2.05, 4.69) is 17.1 Å². The average Bonchev–Trinajstić information content (AvgIpc) is 3.29. The van der Waals surface area contributed by atoms with Crippen LogP contribution in [0.3, 0.4) is 0 Å². The molecule has 0 bridgehead atoms. The molecule has 0 radical (unpaired) electrons. The van der Waals surface area contributed by atoms with Gasteiger partial charge in [-0.25, -0.2) is 0 Å². The van der Waals surface area contributed by atoms with E-state index in [4.69, 9.17) is 5.73 Å². The van der Waals surface area contributed by atoms with Crippen LogP contribution in [-0.2, 0) is 10.3 Å². The highest BCUT2D eigenvalue weighted by Crippen LogP contribution is 2.31. The quantitative estimate of drug-likeness (QED) is 0.755. The highest BCUT2D eigenvalue weighted by molar-refractivity contribution is 5.86. The van der Waals surface area contributed by atoms with Crippen LogP contribution in [0, 0.1) is 0 Å². The Hall–Kier alpha value is -1.39. The zero-order chi connectivity index (χ0) is 14.6. The molecule has 0 aromatic heterocycles. The molecule has 4 nitrogen and oxygen atoms in total. The summed E-state index contributed by atoms with van der Waals surface area (Å²) < 4.78 is 0. The van der Waals surface area contributed by atoms with Crippen molar-refractivity contribution >= 4 is 5.91 Å². The molecule has 1 aliphatic rings. The molecule has 1 aliphatic carbocycles. The Morgan fingerprint density at radius 2 is 2.05 bits per heavy atom. The molecule has 3 N–H and O–H groups in total. The Morgan fingerprint density at radius 3 is 2.50 bits per heavy atom. The Labute approximate surface area is 121 Å². The largest absolute Gasteiger partial charge is 0.368 e. The van der Waals surface area contributed by atoms with Gasteiger partial charge in [0.05, 0.1) is 0 Å². The van der Waals surface area contributed by atoms with Crippen molar-refractivity contribution < 1.29 is 4.79 Å². The molecular weight excluding hydrogens is 250 g/mol. The number of nitrogens with two attached hydrogens (primary N) is 1. The van der Waals surface area contributed by atoms with Crippen molar-refractivity contribution in [1.29, 1.82) is 0 Å². The Morgan fingerprint density at radius 1 is 1.40 bits per heavy atom. The highest BCUT2D eigenvalue weighted by Gasteiger charge is 2.41. The van der Waals surface area contributed by atoms with E-state index in [-0.39, 0.29) is 5.91 Å². The molecule has 0 spiro atoms. The summed E-state index contributed by atoms with van der Waals surface area (Å²) in [6.07, 6.45) is 3.55. The normalized spacial score (nSPS) is 17.9. The summed E-state index contributed by atoms with van der Waals surface area (Å²) in [4.78, 5) is 14.6. The summed E-state index contributed by atoms with van der Waals surface area (Å²) in [6, 6.07) is 10.4.